The maximum Gasteiger partial charge on any atom is 0.0866 e. The highest BCUT2D eigenvalue weighted by Gasteiger charge is 2.23. The topological polar surface area (TPSA) is 27.0 Å². The van der Waals surface area contributed by atoms with E-state index in [1.807, 2.05) is 11.8 Å². The van der Waals surface area contributed by atoms with E-state index in [4.69, 9.17) is 5.26 Å². The summed E-state index contributed by atoms with van der Waals surface area (Å²) in [7, 11) is 0. The SMILES string of the molecule is CCCN(CC#N)CC1Cc2ccccc2S1. The molecule has 2 rings (SSSR count). The van der Waals surface area contributed by atoms with Crippen molar-refractivity contribution in [2.75, 3.05) is 19.6 Å². The molecule has 1 aromatic rings. The lowest BCUT2D eigenvalue weighted by Gasteiger charge is -2.21. The van der Waals surface area contributed by atoms with Gasteiger partial charge in [0.05, 0.1) is 12.6 Å². The van der Waals surface area contributed by atoms with Gasteiger partial charge in [-0.2, -0.15) is 5.26 Å². The van der Waals surface area contributed by atoms with Crippen LogP contribution in [0.15, 0.2) is 29.2 Å². The van der Waals surface area contributed by atoms with Crippen LogP contribution in [0, 0.1) is 11.3 Å². The highest BCUT2D eigenvalue weighted by molar-refractivity contribution is 8.00. The van der Waals surface area contributed by atoms with Crippen LogP contribution in [-0.4, -0.2) is 29.8 Å². The van der Waals surface area contributed by atoms with Crippen LogP contribution in [0.2, 0.25) is 0 Å². The summed E-state index contributed by atoms with van der Waals surface area (Å²) in [6.45, 7) is 4.78. The smallest absolute Gasteiger partial charge is 0.0866 e. The number of nitrogens with zero attached hydrogens (tertiary/aromatic N) is 2. The van der Waals surface area contributed by atoms with Crippen LogP contribution in [0.25, 0.3) is 0 Å². The van der Waals surface area contributed by atoms with Crippen molar-refractivity contribution in [1.29, 1.82) is 5.26 Å². The molecule has 1 aromatic carbocycles. The molecule has 0 aliphatic carbocycles. The highest BCUT2D eigenvalue weighted by Crippen LogP contribution is 2.36. The molecule has 1 heterocycles. The van der Waals surface area contributed by atoms with E-state index in [0.717, 1.165) is 25.9 Å². The molecule has 90 valence electrons. The third-order valence-electron chi connectivity index (χ3n) is 3.01. The van der Waals surface area contributed by atoms with Gasteiger partial charge >= 0.3 is 0 Å². The second-order valence-corrected chi connectivity index (χ2v) is 5.79. The quantitative estimate of drug-likeness (QED) is 0.747. The van der Waals surface area contributed by atoms with E-state index >= 15 is 0 Å². The Labute approximate surface area is 108 Å². The summed E-state index contributed by atoms with van der Waals surface area (Å²) < 4.78 is 0. The Morgan fingerprint density at radius 3 is 3.00 bits per heavy atom. The van der Waals surface area contributed by atoms with Crippen molar-refractivity contribution < 1.29 is 0 Å². The number of hydrogen-bond donors (Lipinski definition) is 0. The van der Waals surface area contributed by atoms with Gasteiger partial charge in [0.1, 0.15) is 0 Å². The predicted molar refractivity (Wildman–Crippen MR) is 72.1 cm³/mol. The van der Waals surface area contributed by atoms with Crippen LogP contribution in [0.3, 0.4) is 0 Å². The zero-order valence-electron chi connectivity index (χ0n) is 10.2. The second kappa shape index (κ2) is 6.09. The third-order valence-corrected chi connectivity index (χ3v) is 4.31. The average Bonchev–Trinajstić information content (AvgIpc) is 2.71. The van der Waals surface area contributed by atoms with Crippen LogP contribution < -0.4 is 0 Å². The summed E-state index contributed by atoms with van der Waals surface area (Å²) in [5.41, 5.74) is 1.47. The number of benzene rings is 1. The number of thioether (sulfide) groups is 1. The molecule has 0 aromatic heterocycles. The zero-order valence-corrected chi connectivity index (χ0v) is 11.0. The van der Waals surface area contributed by atoms with Gasteiger partial charge in [-0.25, -0.2) is 0 Å². The van der Waals surface area contributed by atoms with Crippen LogP contribution in [0.4, 0.5) is 0 Å². The van der Waals surface area contributed by atoms with E-state index in [0.29, 0.717) is 11.8 Å². The molecular weight excluding hydrogens is 228 g/mol. The molecule has 1 aliphatic rings. The van der Waals surface area contributed by atoms with Gasteiger partial charge < -0.3 is 0 Å². The summed E-state index contributed by atoms with van der Waals surface area (Å²) in [4.78, 5) is 3.69. The van der Waals surface area contributed by atoms with Gasteiger partial charge in [0.15, 0.2) is 0 Å². The molecule has 2 nitrogen and oxygen atoms in total. The summed E-state index contributed by atoms with van der Waals surface area (Å²) in [5, 5.41) is 9.43. The average molecular weight is 246 g/mol. The van der Waals surface area contributed by atoms with Crippen LogP contribution in [-0.2, 0) is 6.42 Å². The lowest BCUT2D eigenvalue weighted by Crippen LogP contribution is -2.32. The molecule has 0 saturated heterocycles. The van der Waals surface area contributed by atoms with Crippen molar-refractivity contribution >= 4 is 11.8 Å². The highest BCUT2D eigenvalue weighted by atomic mass is 32.2. The van der Waals surface area contributed by atoms with Crippen LogP contribution in [0.1, 0.15) is 18.9 Å². The van der Waals surface area contributed by atoms with E-state index < -0.39 is 0 Å². The molecule has 3 heteroatoms. The van der Waals surface area contributed by atoms with Gasteiger partial charge in [-0.15, -0.1) is 11.8 Å². The molecule has 0 spiro atoms. The van der Waals surface area contributed by atoms with E-state index in [-0.39, 0.29) is 0 Å². The van der Waals surface area contributed by atoms with Gasteiger partial charge in [-0.05, 0) is 31.0 Å². The van der Waals surface area contributed by atoms with E-state index in [2.05, 4.69) is 42.2 Å². The normalized spacial score (nSPS) is 18.1. The first kappa shape index (κ1) is 12.5. The Morgan fingerprint density at radius 1 is 1.47 bits per heavy atom. The fraction of sp³-hybridized carbons (Fsp3) is 0.500. The standard InChI is InChI=1S/C14H18N2S/c1-2-8-16(9-7-15)11-13-10-12-5-3-4-6-14(12)17-13/h3-6,13H,2,8-11H2,1H3. The first-order valence-electron chi connectivity index (χ1n) is 6.17. The molecule has 0 radical (unpaired) electrons. The molecular formula is C14H18N2S. The minimum absolute atomic E-state index is 0.557. The molecule has 1 unspecified atom stereocenters. The first-order chi connectivity index (χ1) is 8.33. The van der Waals surface area contributed by atoms with Gasteiger partial charge in [0.2, 0.25) is 0 Å². The van der Waals surface area contributed by atoms with Gasteiger partial charge in [-0.1, -0.05) is 25.1 Å². The fourth-order valence-corrected chi connectivity index (χ4v) is 3.66. The Morgan fingerprint density at radius 2 is 2.29 bits per heavy atom. The number of nitriles is 1. The monoisotopic (exact) mass is 246 g/mol. The van der Waals surface area contributed by atoms with Crippen molar-refractivity contribution in [1.82, 2.24) is 4.90 Å². The Kier molecular flexibility index (Phi) is 4.47. The van der Waals surface area contributed by atoms with Gasteiger partial charge in [-0.3, -0.25) is 4.90 Å². The summed E-state index contributed by atoms with van der Waals surface area (Å²) in [6, 6.07) is 10.9. The maximum absolute atomic E-state index is 8.81. The summed E-state index contributed by atoms with van der Waals surface area (Å²) >= 11 is 1.97. The summed E-state index contributed by atoms with van der Waals surface area (Å²) in [5.74, 6) is 0. The molecule has 0 bridgehead atoms. The fourth-order valence-electron chi connectivity index (χ4n) is 2.29. The van der Waals surface area contributed by atoms with E-state index in [1.54, 1.807) is 0 Å². The number of hydrogen-bond acceptors (Lipinski definition) is 3. The molecule has 1 atom stereocenters. The lowest BCUT2D eigenvalue weighted by molar-refractivity contribution is 0.307. The molecule has 0 saturated carbocycles. The molecule has 0 N–H and O–H groups in total. The van der Waals surface area contributed by atoms with Crippen molar-refractivity contribution in [2.45, 2.75) is 29.9 Å². The minimum atomic E-state index is 0.557. The largest absolute Gasteiger partial charge is 0.289 e. The lowest BCUT2D eigenvalue weighted by atomic mass is 10.1. The molecule has 0 amide bonds. The second-order valence-electron chi connectivity index (χ2n) is 4.44. The molecule has 17 heavy (non-hydrogen) atoms. The van der Waals surface area contributed by atoms with Crippen molar-refractivity contribution in [2.24, 2.45) is 0 Å². The number of fused-ring (bicyclic) bond motifs is 1. The Balaban J connectivity index is 1.92. The first-order valence-corrected chi connectivity index (χ1v) is 7.05. The van der Waals surface area contributed by atoms with Gasteiger partial charge in [0, 0.05) is 16.7 Å². The van der Waals surface area contributed by atoms with Crippen LogP contribution in [0.5, 0.6) is 0 Å². The third kappa shape index (κ3) is 3.24. The van der Waals surface area contributed by atoms with E-state index in [9.17, 15) is 0 Å². The van der Waals surface area contributed by atoms with Crippen molar-refractivity contribution in [3.8, 4) is 6.07 Å². The summed E-state index contributed by atoms with van der Waals surface area (Å²) in [6.07, 6.45) is 2.26. The predicted octanol–water partition coefficient (Wildman–Crippen LogP) is 2.94. The number of rotatable bonds is 5. The maximum atomic E-state index is 8.81. The van der Waals surface area contributed by atoms with Crippen LogP contribution >= 0.6 is 11.8 Å². The zero-order chi connectivity index (χ0) is 12.1. The molecule has 1 aliphatic heterocycles. The van der Waals surface area contributed by atoms with Crippen molar-refractivity contribution in [3.63, 3.8) is 0 Å². The Hall–Kier alpha value is -0.980. The van der Waals surface area contributed by atoms with Crippen molar-refractivity contribution in [3.05, 3.63) is 29.8 Å². The van der Waals surface area contributed by atoms with E-state index in [1.165, 1.54) is 10.5 Å². The minimum Gasteiger partial charge on any atom is -0.289 e. The molecule has 0 fully saturated rings. The Bertz CT molecular complexity index is 386. The van der Waals surface area contributed by atoms with Gasteiger partial charge in [0.25, 0.3) is 0 Å².